The molecule has 0 amide bonds. The van der Waals surface area contributed by atoms with E-state index < -0.39 is 5.60 Å². The zero-order chi connectivity index (χ0) is 16.0. The van der Waals surface area contributed by atoms with Gasteiger partial charge < -0.3 is 5.11 Å². The van der Waals surface area contributed by atoms with Crippen molar-refractivity contribution in [3.05, 3.63) is 108 Å². The Bertz CT molecular complexity index is 798. The fourth-order valence-corrected chi connectivity index (χ4v) is 2.52. The van der Waals surface area contributed by atoms with Crippen LogP contribution < -0.4 is 0 Å². The summed E-state index contributed by atoms with van der Waals surface area (Å²) >= 11 is 0. The second-order valence-corrected chi connectivity index (χ2v) is 5.50. The first-order valence-electron chi connectivity index (χ1n) is 7.66. The van der Waals surface area contributed by atoms with E-state index in [-0.39, 0.29) is 0 Å². The van der Waals surface area contributed by atoms with E-state index in [9.17, 15) is 5.11 Å². The molecule has 0 fully saturated rings. The van der Waals surface area contributed by atoms with Crippen molar-refractivity contribution in [3.63, 3.8) is 0 Å². The molecule has 0 radical (unpaired) electrons. The lowest BCUT2D eigenvalue weighted by Gasteiger charge is -2.23. The van der Waals surface area contributed by atoms with Crippen molar-refractivity contribution < 1.29 is 5.11 Å². The van der Waals surface area contributed by atoms with Crippen molar-refractivity contribution in [1.82, 2.24) is 0 Å². The van der Waals surface area contributed by atoms with Crippen LogP contribution in [0.5, 0.6) is 0 Å². The summed E-state index contributed by atoms with van der Waals surface area (Å²) < 4.78 is 0. The highest BCUT2D eigenvalue weighted by Gasteiger charge is 2.27. The van der Waals surface area contributed by atoms with Gasteiger partial charge in [0, 0.05) is 12.0 Å². The molecule has 112 valence electrons. The molecular weight excluding hydrogens is 280 g/mol. The van der Waals surface area contributed by atoms with Gasteiger partial charge in [0.15, 0.2) is 5.60 Å². The summed E-state index contributed by atoms with van der Waals surface area (Å²) in [4.78, 5) is 0. The van der Waals surface area contributed by atoms with Crippen molar-refractivity contribution in [1.29, 1.82) is 0 Å². The lowest BCUT2D eigenvalue weighted by molar-refractivity contribution is 0.101. The molecule has 1 atom stereocenters. The Morgan fingerprint density at radius 2 is 1.22 bits per heavy atom. The van der Waals surface area contributed by atoms with Crippen LogP contribution in [0, 0.1) is 11.8 Å². The summed E-state index contributed by atoms with van der Waals surface area (Å²) in [6, 6.07) is 29.3. The van der Waals surface area contributed by atoms with Crippen LogP contribution >= 0.6 is 0 Å². The average Bonchev–Trinajstić information content (AvgIpc) is 2.63. The topological polar surface area (TPSA) is 20.2 Å². The number of benzene rings is 3. The third kappa shape index (κ3) is 3.88. The first-order chi connectivity index (χ1) is 11.3. The summed E-state index contributed by atoms with van der Waals surface area (Å²) in [6.07, 6.45) is 0.456. The molecule has 0 bridgehead atoms. The molecule has 3 aromatic carbocycles. The molecular formula is C22H18O. The van der Waals surface area contributed by atoms with Crippen molar-refractivity contribution in [2.45, 2.75) is 12.0 Å². The van der Waals surface area contributed by atoms with Crippen LogP contribution in [0.1, 0.15) is 16.7 Å². The standard InChI is InChI=1S/C22H18O/c23-22(21-14-8-3-9-15-21,18-20-12-6-2-7-13-20)17-16-19-10-4-1-5-11-19/h1-15,23H,18H2. The van der Waals surface area contributed by atoms with Gasteiger partial charge in [-0.25, -0.2) is 0 Å². The van der Waals surface area contributed by atoms with Gasteiger partial charge in [0.05, 0.1) is 0 Å². The van der Waals surface area contributed by atoms with Crippen LogP contribution in [0.3, 0.4) is 0 Å². The number of hydrogen-bond donors (Lipinski definition) is 1. The number of hydrogen-bond acceptors (Lipinski definition) is 1. The molecule has 1 unspecified atom stereocenters. The summed E-state index contributed by atoms with van der Waals surface area (Å²) in [5, 5.41) is 11.2. The minimum Gasteiger partial charge on any atom is -0.373 e. The fraction of sp³-hybridized carbons (Fsp3) is 0.0909. The van der Waals surface area contributed by atoms with Gasteiger partial charge >= 0.3 is 0 Å². The van der Waals surface area contributed by atoms with Crippen LogP contribution in [-0.4, -0.2) is 5.11 Å². The van der Waals surface area contributed by atoms with E-state index in [4.69, 9.17) is 0 Å². The van der Waals surface area contributed by atoms with Gasteiger partial charge in [-0.05, 0) is 23.3 Å². The van der Waals surface area contributed by atoms with Gasteiger partial charge in [-0.1, -0.05) is 90.7 Å². The van der Waals surface area contributed by atoms with Crippen molar-refractivity contribution >= 4 is 0 Å². The maximum atomic E-state index is 11.2. The van der Waals surface area contributed by atoms with E-state index in [1.165, 1.54) is 0 Å². The van der Waals surface area contributed by atoms with Gasteiger partial charge in [0.25, 0.3) is 0 Å². The molecule has 0 spiro atoms. The molecule has 3 aromatic rings. The molecule has 0 aliphatic rings. The molecule has 1 nitrogen and oxygen atoms in total. The predicted molar refractivity (Wildman–Crippen MR) is 93.8 cm³/mol. The Morgan fingerprint density at radius 1 is 0.696 bits per heavy atom. The lowest BCUT2D eigenvalue weighted by atomic mass is 9.87. The van der Waals surface area contributed by atoms with Crippen molar-refractivity contribution in [2.24, 2.45) is 0 Å². The van der Waals surface area contributed by atoms with E-state index in [0.29, 0.717) is 6.42 Å². The van der Waals surface area contributed by atoms with Gasteiger partial charge in [-0.2, -0.15) is 0 Å². The third-order valence-corrected chi connectivity index (χ3v) is 3.74. The van der Waals surface area contributed by atoms with E-state index in [1.807, 2.05) is 91.0 Å². The predicted octanol–water partition coefficient (Wildman–Crippen LogP) is 4.17. The third-order valence-electron chi connectivity index (χ3n) is 3.74. The van der Waals surface area contributed by atoms with Crippen LogP contribution in [0.2, 0.25) is 0 Å². The summed E-state index contributed by atoms with van der Waals surface area (Å²) in [5.74, 6) is 6.19. The molecule has 0 heterocycles. The lowest BCUT2D eigenvalue weighted by Crippen LogP contribution is -2.26. The highest BCUT2D eigenvalue weighted by atomic mass is 16.3. The van der Waals surface area contributed by atoms with Crippen LogP contribution in [-0.2, 0) is 12.0 Å². The van der Waals surface area contributed by atoms with Gasteiger partial charge in [-0.15, -0.1) is 0 Å². The van der Waals surface area contributed by atoms with Crippen molar-refractivity contribution in [2.75, 3.05) is 0 Å². The highest BCUT2D eigenvalue weighted by molar-refractivity contribution is 5.41. The van der Waals surface area contributed by atoms with E-state index in [0.717, 1.165) is 16.7 Å². The van der Waals surface area contributed by atoms with Crippen LogP contribution in [0.15, 0.2) is 91.0 Å². The minimum absolute atomic E-state index is 0.456. The van der Waals surface area contributed by atoms with E-state index >= 15 is 0 Å². The zero-order valence-corrected chi connectivity index (χ0v) is 12.8. The largest absolute Gasteiger partial charge is 0.373 e. The Labute approximate surface area is 137 Å². The molecule has 1 heteroatoms. The van der Waals surface area contributed by atoms with Gasteiger partial charge in [0.2, 0.25) is 0 Å². The Morgan fingerprint density at radius 3 is 1.83 bits per heavy atom. The Balaban J connectivity index is 1.99. The minimum atomic E-state index is -1.21. The molecule has 3 rings (SSSR count). The quantitative estimate of drug-likeness (QED) is 0.720. The van der Waals surface area contributed by atoms with Gasteiger partial charge in [-0.3, -0.25) is 0 Å². The van der Waals surface area contributed by atoms with Gasteiger partial charge in [0.1, 0.15) is 0 Å². The second kappa shape index (κ2) is 6.96. The molecule has 1 N–H and O–H groups in total. The fourth-order valence-electron chi connectivity index (χ4n) is 2.52. The maximum Gasteiger partial charge on any atom is 0.155 e. The Hall–Kier alpha value is -2.82. The normalized spacial score (nSPS) is 12.7. The molecule has 23 heavy (non-hydrogen) atoms. The van der Waals surface area contributed by atoms with Crippen LogP contribution in [0.25, 0.3) is 0 Å². The summed E-state index contributed by atoms with van der Waals surface area (Å²) in [5.41, 5.74) is 1.56. The average molecular weight is 298 g/mol. The molecule has 0 saturated carbocycles. The SMILES string of the molecule is OC(C#Cc1ccccc1)(Cc1ccccc1)c1ccccc1. The zero-order valence-electron chi connectivity index (χ0n) is 12.8. The molecule has 0 aliphatic carbocycles. The Kier molecular flexibility index (Phi) is 4.57. The second-order valence-electron chi connectivity index (χ2n) is 5.50. The summed E-state index contributed by atoms with van der Waals surface area (Å²) in [6.45, 7) is 0. The molecule has 0 saturated heterocycles. The smallest absolute Gasteiger partial charge is 0.155 e. The van der Waals surface area contributed by atoms with Crippen molar-refractivity contribution in [3.8, 4) is 11.8 Å². The molecule has 0 aliphatic heterocycles. The first kappa shape index (κ1) is 15.1. The molecule has 0 aromatic heterocycles. The monoisotopic (exact) mass is 298 g/mol. The van der Waals surface area contributed by atoms with E-state index in [1.54, 1.807) is 0 Å². The first-order valence-corrected chi connectivity index (χ1v) is 7.66. The number of aliphatic hydroxyl groups is 1. The highest BCUT2D eigenvalue weighted by Crippen LogP contribution is 2.25. The maximum absolute atomic E-state index is 11.2. The number of rotatable bonds is 3. The van der Waals surface area contributed by atoms with E-state index in [2.05, 4.69) is 11.8 Å². The summed E-state index contributed by atoms with van der Waals surface area (Å²) in [7, 11) is 0. The van der Waals surface area contributed by atoms with Crippen LogP contribution in [0.4, 0.5) is 0 Å².